The van der Waals surface area contributed by atoms with Crippen LogP contribution in [0.2, 0.25) is 0 Å². The SMILES string of the molecule is CC/C=C\C/C=C\C/C=C\C/C=C\C/C=C\C/C=C\CCC(=O)OC[C@H](COP(=O)(O)OCC(O)CO)OC(=O)CC/C=C\C/C=C\C/C=C\C/C=C\C/C=C\C/C=C\CC. The Morgan fingerprint density at radius 2 is 0.787 bits per heavy atom. The van der Waals surface area contributed by atoms with Crippen LogP contribution in [0.15, 0.2) is 146 Å². The van der Waals surface area contributed by atoms with Crippen LogP contribution < -0.4 is 0 Å². The number of hydrogen-bond acceptors (Lipinski definition) is 9. The number of phosphoric ester groups is 1. The lowest BCUT2D eigenvalue weighted by molar-refractivity contribution is -0.161. The lowest BCUT2D eigenvalue weighted by Crippen LogP contribution is -2.29. The molecule has 0 saturated heterocycles. The third-order valence-electron chi connectivity index (χ3n) is 8.02. The summed E-state index contributed by atoms with van der Waals surface area (Å²) in [6, 6.07) is 0. The molecule has 0 aromatic carbocycles. The quantitative estimate of drug-likeness (QED) is 0.0311. The van der Waals surface area contributed by atoms with Crippen molar-refractivity contribution in [2.24, 2.45) is 0 Å². The number of esters is 2. The van der Waals surface area contributed by atoms with Crippen LogP contribution in [0.4, 0.5) is 0 Å². The van der Waals surface area contributed by atoms with Gasteiger partial charge in [0.05, 0.1) is 19.8 Å². The third kappa shape index (κ3) is 43.7. The minimum atomic E-state index is -4.67. The predicted octanol–water partition coefficient (Wildman–Crippen LogP) is 11.9. The van der Waals surface area contributed by atoms with Crippen molar-refractivity contribution in [3.8, 4) is 0 Å². The van der Waals surface area contributed by atoms with Crippen molar-refractivity contribution < 1.29 is 47.8 Å². The summed E-state index contributed by atoms with van der Waals surface area (Å²) < 4.78 is 32.5. The molecule has 10 nitrogen and oxygen atoms in total. The standard InChI is InChI=1S/C50H75O10P/c1-3-5-7-9-11-13-15-17-19-21-23-25-27-29-31-33-35-37-39-41-49(53)57-45-48(46-59-61(55,56)58-44-47(52)43-51)60-50(54)42-40-38-36-34-32-30-28-26-24-22-20-18-16-14-12-10-8-6-4-2/h5-8,11-14,17-20,23-26,29-32,35-38,47-48,51-52H,3-4,9-10,15-16,21-22,27-28,33-34,39-46H2,1-2H3,(H,55,56)/b7-5-,8-6-,13-11-,14-12-,19-17-,20-18-,25-23-,26-24-,31-29-,32-30-,37-35-,38-36-/t47?,48-/m1/s1. The van der Waals surface area contributed by atoms with Gasteiger partial charge in [0.25, 0.3) is 0 Å². The summed E-state index contributed by atoms with van der Waals surface area (Å²) >= 11 is 0. The van der Waals surface area contributed by atoms with Gasteiger partial charge in [0.1, 0.15) is 12.7 Å². The van der Waals surface area contributed by atoms with Crippen LogP contribution in [-0.4, -0.2) is 65.7 Å². The minimum Gasteiger partial charge on any atom is -0.462 e. The molecule has 3 N–H and O–H groups in total. The molecule has 3 atom stereocenters. The average molecular weight is 867 g/mol. The van der Waals surface area contributed by atoms with Gasteiger partial charge in [0.15, 0.2) is 6.10 Å². The summed E-state index contributed by atoms with van der Waals surface area (Å²) in [5.41, 5.74) is 0. The smallest absolute Gasteiger partial charge is 0.462 e. The second-order valence-electron chi connectivity index (χ2n) is 13.6. The van der Waals surface area contributed by atoms with E-state index in [0.717, 1.165) is 70.6 Å². The van der Waals surface area contributed by atoms with Crippen molar-refractivity contribution in [2.45, 2.75) is 129 Å². The van der Waals surface area contributed by atoms with E-state index in [2.05, 4.69) is 134 Å². The van der Waals surface area contributed by atoms with Crippen molar-refractivity contribution >= 4 is 19.8 Å². The fourth-order valence-electron chi connectivity index (χ4n) is 4.75. The Labute approximate surface area is 367 Å². The first-order valence-corrected chi connectivity index (χ1v) is 23.3. The topological polar surface area (TPSA) is 149 Å². The number of carbonyl (C=O) groups excluding carboxylic acids is 2. The number of ether oxygens (including phenoxy) is 2. The van der Waals surface area contributed by atoms with E-state index in [4.69, 9.17) is 19.1 Å². The van der Waals surface area contributed by atoms with Gasteiger partial charge in [-0.1, -0.05) is 160 Å². The summed E-state index contributed by atoms with van der Waals surface area (Å²) in [4.78, 5) is 34.9. The normalized spacial score (nSPS) is 15.2. The molecular weight excluding hydrogens is 792 g/mol. The van der Waals surface area contributed by atoms with E-state index in [1.165, 1.54) is 0 Å². The molecule has 0 aromatic heterocycles. The van der Waals surface area contributed by atoms with Crippen molar-refractivity contribution in [2.75, 3.05) is 26.4 Å². The maximum Gasteiger partial charge on any atom is 0.472 e. The fourth-order valence-corrected chi connectivity index (χ4v) is 5.54. The van der Waals surface area contributed by atoms with Crippen molar-refractivity contribution in [3.05, 3.63) is 146 Å². The molecule has 0 heterocycles. The zero-order valence-corrected chi connectivity index (χ0v) is 37.7. The monoisotopic (exact) mass is 867 g/mol. The Balaban J connectivity index is 4.58. The Bertz CT molecular complexity index is 1510. The average Bonchev–Trinajstić information content (AvgIpc) is 3.25. The van der Waals surface area contributed by atoms with Crippen LogP contribution in [0.5, 0.6) is 0 Å². The van der Waals surface area contributed by atoms with E-state index in [0.29, 0.717) is 19.3 Å². The molecule has 0 aliphatic heterocycles. The molecule has 2 unspecified atom stereocenters. The van der Waals surface area contributed by atoms with E-state index in [1.807, 2.05) is 30.4 Å². The van der Waals surface area contributed by atoms with E-state index in [9.17, 15) is 24.2 Å². The summed E-state index contributed by atoms with van der Waals surface area (Å²) in [5.74, 6) is -1.14. The molecule has 11 heteroatoms. The van der Waals surface area contributed by atoms with E-state index in [1.54, 1.807) is 0 Å². The van der Waals surface area contributed by atoms with Gasteiger partial charge >= 0.3 is 19.8 Å². The largest absolute Gasteiger partial charge is 0.472 e. The van der Waals surface area contributed by atoms with Gasteiger partial charge in [0, 0.05) is 12.8 Å². The van der Waals surface area contributed by atoms with Crippen molar-refractivity contribution in [3.63, 3.8) is 0 Å². The van der Waals surface area contributed by atoms with Crippen LogP contribution in [0.3, 0.4) is 0 Å². The van der Waals surface area contributed by atoms with Gasteiger partial charge in [-0.05, 0) is 89.9 Å². The second-order valence-corrected chi connectivity index (χ2v) is 15.1. The maximum atomic E-state index is 12.6. The molecule has 0 saturated carbocycles. The molecule has 0 rings (SSSR count). The van der Waals surface area contributed by atoms with Gasteiger partial charge < -0.3 is 24.6 Å². The van der Waals surface area contributed by atoms with Gasteiger partial charge in [-0.25, -0.2) is 4.57 Å². The number of aliphatic hydroxyl groups excluding tert-OH is 2. The summed E-state index contributed by atoms with van der Waals surface area (Å²) in [6.45, 7) is 1.94. The lowest BCUT2D eigenvalue weighted by atomic mass is 10.2. The van der Waals surface area contributed by atoms with Crippen molar-refractivity contribution in [1.82, 2.24) is 0 Å². The lowest BCUT2D eigenvalue weighted by Gasteiger charge is -2.20. The highest BCUT2D eigenvalue weighted by molar-refractivity contribution is 7.47. The highest BCUT2D eigenvalue weighted by atomic mass is 31.2. The predicted molar refractivity (Wildman–Crippen MR) is 251 cm³/mol. The highest BCUT2D eigenvalue weighted by Gasteiger charge is 2.27. The van der Waals surface area contributed by atoms with Crippen LogP contribution in [0, 0.1) is 0 Å². The van der Waals surface area contributed by atoms with E-state index >= 15 is 0 Å². The number of rotatable bonds is 38. The number of hydrogen-bond donors (Lipinski definition) is 3. The van der Waals surface area contributed by atoms with Crippen LogP contribution >= 0.6 is 7.82 Å². The first kappa shape index (κ1) is 56.9. The van der Waals surface area contributed by atoms with Gasteiger partial charge in [-0.2, -0.15) is 0 Å². The Kier molecular flexibility index (Phi) is 40.9. The minimum absolute atomic E-state index is 0.0330. The molecule has 0 radical (unpaired) electrons. The summed E-state index contributed by atoms with van der Waals surface area (Å²) in [5, 5.41) is 18.3. The first-order valence-electron chi connectivity index (χ1n) is 21.8. The van der Waals surface area contributed by atoms with Gasteiger partial charge in [-0.3, -0.25) is 18.6 Å². The number of allylic oxidation sites excluding steroid dienone is 24. The number of aliphatic hydroxyl groups is 2. The molecule has 0 bridgehead atoms. The third-order valence-corrected chi connectivity index (χ3v) is 8.97. The first-order chi connectivity index (χ1) is 29.7. The molecule has 61 heavy (non-hydrogen) atoms. The summed E-state index contributed by atoms with van der Waals surface area (Å²) in [7, 11) is -4.67. The molecule has 0 aromatic rings. The van der Waals surface area contributed by atoms with Gasteiger partial charge in [-0.15, -0.1) is 0 Å². The number of carbonyl (C=O) groups is 2. The maximum absolute atomic E-state index is 12.6. The Morgan fingerprint density at radius 3 is 1.13 bits per heavy atom. The van der Waals surface area contributed by atoms with Crippen LogP contribution in [0.1, 0.15) is 117 Å². The van der Waals surface area contributed by atoms with E-state index in [-0.39, 0.29) is 12.8 Å². The zero-order valence-electron chi connectivity index (χ0n) is 36.8. The molecule has 0 aliphatic carbocycles. The molecule has 0 fully saturated rings. The van der Waals surface area contributed by atoms with E-state index < -0.39 is 58.4 Å². The molecule has 0 aliphatic rings. The fraction of sp³-hybridized carbons (Fsp3) is 0.480. The molecule has 0 amide bonds. The molecule has 0 spiro atoms. The molecular formula is C50H75O10P. The zero-order chi connectivity index (χ0) is 44.8. The van der Waals surface area contributed by atoms with Crippen LogP contribution in [0.25, 0.3) is 0 Å². The highest BCUT2D eigenvalue weighted by Crippen LogP contribution is 2.43. The second kappa shape index (κ2) is 43.9. The number of phosphoric acid groups is 1. The Hall–Kier alpha value is -4.15. The molecule has 340 valence electrons. The Morgan fingerprint density at radius 1 is 0.475 bits per heavy atom. The van der Waals surface area contributed by atoms with Crippen molar-refractivity contribution in [1.29, 1.82) is 0 Å². The van der Waals surface area contributed by atoms with Crippen LogP contribution in [-0.2, 0) is 32.7 Å². The van der Waals surface area contributed by atoms with Gasteiger partial charge in [0.2, 0.25) is 0 Å². The summed E-state index contributed by atoms with van der Waals surface area (Å²) in [6.07, 6.45) is 59.8.